The Bertz CT molecular complexity index is 366. The second kappa shape index (κ2) is 5.55. The van der Waals surface area contributed by atoms with Crippen LogP contribution < -0.4 is 0 Å². The molecule has 1 nitrogen and oxygen atoms in total. The zero-order valence-corrected chi connectivity index (χ0v) is 9.64. The second-order valence-electron chi connectivity index (χ2n) is 2.71. The summed E-state index contributed by atoms with van der Waals surface area (Å²) in [5.41, 5.74) is 2.49. The van der Waals surface area contributed by atoms with E-state index in [9.17, 15) is 0 Å². The summed E-state index contributed by atoms with van der Waals surface area (Å²) >= 11 is 1.67. The van der Waals surface area contributed by atoms with Crippen molar-refractivity contribution >= 4 is 11.3 Å². The van der Waals surface area contributed by atoms with E-state index in [1.165, 1.54) is 11.1 Å². The topological polar surface area (TPSA) is 12.9 Å². The van der Waals surface area contributed by atoms with Crippen molar-refractivity contribution in [2.45, 2.75) is 20.8 Å². The summed E-state index contributed by atoms with van der Waals surface area (Å²) in [6.07, 6.45) is 1.84. The van der Waals surface area contributed by atoms with Gasteiger partial charge in [0.1, 0.15) is 5.01 Å². The number of hydrogen-bond donors (Lipinski definition) is 0. The first-order valence-corrected chi connectivity index (χ1v) is 5.71. The molecule has 2 heteroatoms. The third-order valence-corrected chi connectivity index (χ3v) is 2.52. The molecule has 0 fully saturated rings. The summed E-state index contributed by atoms with van der Waals surface area (Å²) in [5, 5.41) is 3.09. The van der Waals surface area contributed by atoms with Crippen molar-refractivity contribution in [3.05, 3.63) is 41.4 Å². The van der Waals surface area contributed by atoms with Crippen molar-refractivity contribution < 1.29 is 0 Å². The molecule has 0 N–H and O–H groups in total. The Labute approximate surface area is 89.4 Å². The van der Waals surface area contributed by atoms with Gasteiger partial charge in [-0.2, -0.15) is 0 Å². The molecule has 0 aliphatic rings. The van der Waals surface area contributed by atoms with Crippen LogP contribution in [-0.4, -0.2) is 4.98 Å². The first-order valence-electron chi connectivity index (χ1n) is 4.83. The van der Waals surface area contributed by atoms with Gasteiger partial charge < -0.3 is 0 Å². The minimum absolute atomic E-state index is 1.10. The summed E-state index contributed by atoms with van der Waals surface area (Å²) in [6, 6.07) is 8.40. The fourth-order valence-corrected chi connectivity index (χ4v) is 1.78. The minimum atomic E-state index is 1.10. The molecule has 1 aromatic carbocycles. The van der Waals surface area contributed by atoms with E-state index in [-0.39, 0.29) is 0 Å². The van der Waals surface area contributed by atoms with Crippen LogP contribution in [0.25, 0.3) is 10.6 Å². The van der Waals surface area contributed by atoms with Crippen molar-refractivity contribution in [1.82, 2.24) is 4.98 Å². The summed E-state index contributed by atoms with van der Waals surface area (Å²) < 4.78 is 0. The molecule has 0 radical (unpaired) electrons. The lowest BCUT2D eigenvalue weighted by atomic mass is 10.1. The maximum Gasteiger partial charge on any atom is 0.123 e. The van der Waals surface area contributed by atoms with Crippen LogP contribution >= 0.6 is 11.3 Å². The fourth-order valence-electron chi connectivity index (χ4n) is 1.14. The Morgan fingerprint density at radius 3 is 2.57 bits per heavy atom. The Morgan fingerprint density at radius 2 is 2.00 bits per heavy atom. The monoisotopic (exact) mass is 205 g/mol. The predicted octanol–water partition coefficient (Wildman–Crippen LogP) is 4.14. The molecular formula is C12H15NS. The van der Waals surface area contributed by atoms with E-state index in [4.69, 9.17) is 0 Å². The molecular weight excluding hydrogens is 190 g/mol. The van der Waals surface area contributed by atoms with Crippen LogP contribution in [0.4, 0.5) is 0 Å². The van der Waals surface area contributed by atoms with Crippen LogP contribution in [0.5, 0.6) is 0 Å². The predicted molar refractivity (Wildman–Crippen MR) is 63.6 cm³/mol. The summed E-state index contributed by atoms with van der Waals surface area (Å²) in [4.78, 5) is 4.25. The average Bonchev–Trinajstić information content (AvgIpc) is 2.74. The lowest BCUT2D eigenvalue weighted by molar-refractivity contribution is 1.39. The van der Waals surface area contributed by atoms with Gasteiger partial charge in [-0.15, -0.1) is 11.3 Å². The standard InChI is InChI=1S/C10H9NS.C2H6/c1-8-3-2-4-9(7-8)10-11-5-6-12-10;1-2/h2-7H,1H3;1-2H3. The highest BCUT2D eigenvalue weighted by atomic mass is 32.1. The SMILES string of the molecule is CC.Cc1cccc(-c2nccs2)c1. The fraction of sp³-hybridized carbons (Fsp3) is 0.250. The van der Waals surface area contributed by atoms with Crippen molar-refractivity contribution in [1.29, 1.82) is 0 Å². The third-order valence-electron chi connectivity index (χ3n) is 1.70. The molecule has 0 aliphatic heterocycles. The van der Waals surface area contributed by atoms with E-state index < -0.39 is 0 Å². The zero-order chi connectivity index (χ0) is 10.4. The molecule has 0 saturated heterocycles. The Morgan fingerprint density at radius 1 is 1.21 bits per heavy atom. The van der Waals surface area contributed by atoms with Crippen LogP contribution in [0.3, 0.4) is 0 Å². The first kappa shape index (κ1) is 10.9. The van der Waals surface area contributed by atoms with Gasteiger partial charge in [0.25, 0.3) is 0 Å². The van der Waals surface area contributed by atoms with Crippen LogP contribution in [-0.2, 0) is 0 Å². The Hall–Kier alpha value is -1.15. The quantitative estimate of drug-likeness (QED) is 0.681. The van der Waals surface area contributed by atoms with Crippen molar-refractivity contribution in [3.63, 3.8) is 0 Å². The van der Waals surface area contributed by atoms with Gasteiger partial charge in [0.2, 0.25) is 0 Å². The van der Waals surface area contributed by atoms with E-state index >= 15 is 0 Å². The molecule has 2 rings (SSSR count). The molecule has 2 aromatic rings. The summed E-state index contributed by atoms with van der Waals surface area (Å²) in [7, 11) is 0. The van der Waals surface area contributed by atoms with Crippen LogP contribution in [0.1, 0.15) is 19.4 Å². The number of rotatable bonds is 1. The number of thiazole rings is 1. The average molecular weight is 205 g/mol. The highest BCUT2D eigenvalue weighted by Crippen LogP contribution is 2.21. The van der Waals surface area contributed by atoms with Crippen LogP contribution in [0, 0.1) is 6.92 Å². The van der Waals surface area contributed by atoms with Gasteiger partial charge in [0, 0.05) is 17.1 Å². The van der Waals surface area contributed by atoms with Crippen LogP contribution in [0.15, 0.2) is 35.8 Å². The highest BCUT2D eigenvalue weighted by Gasteiger charge is 1.98. The lowest BCUT2D eigenvalue weighted by Crippen LogP contribution is -1.76. The van der Waals surface area contributed by atoms with E-state index in [0.717, 1.165) is 5.01 Å². The smallest absolute Gasteiger partial charge is 0.123 e. The summed E-state index contributed by atoms with van der Waals surface area (Å²) in [6.45, 7) is 6.09. The molecule has 0 spiro atoms. The van der Waals surface area contributed by atoms with Gasteiger partial charge in [0.15, 0.2) is 0 Å². The van der Waals surface area contributed by atoms with E-state index in [1.807, 2.05) is 25.4 Å². The van der Waals surface area contributed by atoms with Gasteiger partial charge in [0.05, 0.1) is 0 Å². The number of benzene rings is 1. The number of aromatic nitrogens is 1. The molecule has 0 atom stereocenters. The number of aryl methyl sites for hydroxylation is 1. The number of nitrogens with zero attached hydrogens (tertiary/aromatic N) is 1. The molecule has 1 heterocycles. The molecule has 0 unspecified atom stereocenters. The molecule has 0 bridgehead atoms. The van der Waals surface area contributed by atoms with E-state index in [0.29, 0.717) is 0 Å². The minimum Gasteiger partial charge on any atom is -0.245 e. The Balaban J connectivity index is 0.000000461. The van der Waals surface area contributed by atoms with Crippen LogP contribution in [0.2, 0.25) is 0 Å². The highest BCUT2D eigenvalue weighted by molar-refractivity contribution is 7.13. The largest absolute Gasteiger partial charge is 0.245 e. The van der Waals surface area contributed by atoms with Gasteiger partial charge in [-0.25, -0.2) is 4.98 Å². The molecule has 74 valence electrons. The van der Waals surface area contributed by atoms with Crippen molar-refractivity contribution in [2.24, 2.45) is 0 Å². The molecule has 0 amide bonds. The molecule has 14 heavy (non-hydrogen) atoms. The Kier molecular flexibility index (Phi) is 4.33. The third kappa shape index (κ3) is 2.67. The van der Waals surface area contributed by atoms with E-state index in [2.05, 4.69) is 36.2 Å². The lowest BCUT2D eigenvalue weighted by Gasteiger charge is -1.96. The van der Waals surface area contributed by atoms with Gasteiger partial charge in [-0.1, -0.05) is 37.6 Å². The molecule has 0 aliphatic carbocycles. The van der Waals surface area contributed by atoms with Gasteiger partial charge in [-0.05, 0) is 13.0 Å². The maximum atomic E-state index is 4.25. The second-order valence-corrected chi connectivity index (χ2v) is 3.60. The van der Waals surface area contributed by atoms with Gasteiger partial charge in [-0.3, -0.25) is 0 Å². The van der Waals surface area contributed by atoms with Crippen molar-refractivity contribution in [3.8, 4) is 10.6 Å². The van der Waals surface area contributed by atoms with Crippen molar-refractivity contribution in [2.75, 3.05) is 0 Å². The first-order chi connectivity index (χ1) is 6.86. The molecule has 1 aromatic heterocycles. The number of hydrogen-bond acceptors (Lipinski definition) is 2. The molecule has 0 saturated carbocycles. The zero-order valence-electron chi connectivity index (χ0n) is 8.82. The summed E-state index contributed by atoms with van der Waals surface area (Å²) in [5.74, 6) is 0. The maximum absolute atomic E-state index is 4.25. The normalized spacial score (nSPS) is 9.07. The van der Waals surface area contributed by atoms with Gasteiger partial charge >= 0.3 is 0 Å². The van der Waals surface area contributed by atoms with E-state index in [1.54, 1.807) is 11.3 Å².